The molecule has 0 bridgehead atoms. The van der Waals surface area contributed by atoms with Crippen molar-refractivity contribution >= 4 is 11.7 Å². The Morgan fingerprint density at radius 2 is 1.90 bits per heavy atom. The van der Waals surface area contributed by atoms with Crippen molar-refractivity contribution < 1.29 is 10.3 Å². The molecule has 1 heterocycles. The van der Waals surface area contributed by atoms with Crippen LogP contribution in [0.15, 0.2) is 5.16 Å². The van der Waals surface area contributed by atoms with Crippen molar-refractivity contribution in [2.24, 2.45) is 10.9 Å². The van der Waals surface area contributed by atoms with E-state index in [0.29, 0.717) is 24.3 Å². The molecule has 0 radical (unpaired) electrons. The second-order valence-electron chi connectivity index (χ2n) is 5.68. The Hall–Kier alpha value is -1.89. The fraction of sp³-hybridized carbons (Fsp3) is 0.643. The minimum absolute atomic E-state index is 0.00838. The summed E-state index contributed by atoms with van der Waals surface area (Å²) in [4.78, 5) is 1.76. The van der Waals surface area contributed by atoms with E-state index in [1.807, 2.05) is 13.8 Å². The fourth-order valence-corrected chi connectivity index (χ4v) is 2.40. The van der Waals surface area contributed by atoms with Crippen molar-refractivity contribution in [3.63, 3.8) is 0 Å². The number of hydrogen-bond acceptors (Lipinski definition) is 6. The Bertz CT molecular complexity index is 523. The van der Waals surface area contributed by atoms with Crippen LogP contribution in [-0.2, 0) is 12.8 Å². The molecule has 0 spiro atoms. The number of oxime groups is 1. The zero-order chi connectivity index (χ0) is 16.2. The van der Waals surface area contributed by atoms with Gasteiger partial charge in [-0.2, -0.15) is 5.10 Å². The lowest BCUT2D eigenvalue weighted by Gasteiger charge is -2.28. The van der Waals surface area contributed by atoms with E-state index in [1.54, 1.807) is 25.8 Å². The van der Waals surface area contributed by atoms with Gasteiger partial charge in [0.15, 0.2) is 11.7 Å². The minimum atomic E-state index is -0.894. The SMILES string of the molecule is CCc1nnc(N(C)CC(C)(C)O)c(C(N)=NO)c1CC. The molecule has 0 aromatic carbocycles. The van der Waals surface area contributed by atoms with Gasteiger partial charge in [-0.1, -0.05) is 19.0 Å². The van der Waals surface area contributed by atoms with Gasteiger partial charge in [0.25, 0.3) is 0 Å². The second-order valence-corrected chi connectivity index (χ2v) is 5.68. The van der Waals surface area contributed by atoms with Gasteiger partial charge in [0.05, 0.1) is 16.9 Å². The largest absolute Gasteiger partial charge is 0.409 e. The maximum Gasteiger partial charge on any atom is 0.174 e. The molecular formula is C14H25N5O2. The van der Waals surface area contributed by atoms with Gasteiger partial charge in [0.1, 0.15) is 0 Å². The van der Waals surface area contributed by atoms with Gasteiger partial charge in [-0.3, -0.25) is 0 Å². The first-order valence-corrected chi connectivity index (χ1v) is 7.05. The third kappa shape index (κ3) is 4.04. The molecule has 0 aliphatic carbocycles. The number of rotatable bonds is 6. The molecule has 1 aromatic rings. The zero-order valence-corrected chi connectivity index (χ0v) is 13.4. The predicted molar refractivity (Wildman–Crippen MR) is 82.9 cm³/mol. The molecule has 0 fully saturated rings. The maximum absolute atomic E-state index is 9.96. The minimum Gasteiger partial charge on any atom is -0.409 e. The second kappa shape index (κ2) is 6.71. The van der Waals surface area contributed by atoms with Crippen LogP contribution in [0, 0.1) is 0 Å². The van der Waals surface area contributed by atoms with Crippen molar-refractivity contribution in [1.29, 1.82) is 0 Å². The summed E-state index contributed by atoms with van der Waals surface area (Å²) in [6.45, 7) is 7.74. The van der Waals surface area contributed by atoms with Gasteiger partial charge in [0, 0.05) is 13.6 Å². The van der Waals surface area contributed by atoms with Crippen LogP contribution in [-0.4, -0.2) is 45.5 Å². The number of aliphatic hydroxyl groups is 1. The van der Waals surface area contributed by atoms with E-state index < -0.39 is 5.60 Å². The van der Waals surface area contributed by atoms with E-state index in [9.17, 15) is 5.11 Å². The average Bonchev–Trinajstić information content (AvgIpc) is 2.42. The summed E-state index contributed by atoms with van der Waals surface area (Å²) in [6, 6.07) is 0. The van der Waals surface area contributed by atoms with E-state index in [1.165, 1.54) is 0 Å². The summed E-state index contributed by atoms with van der Waals surface area (Å²) >= 11 is 0. The lowest BCUT2D eigenvalue weighted by atomic mass is 10.0. The summed E-state index contributed by atoms with van der Waals surface area (Å²) in [5.74, 6) is 0.510. The summed E-state index contributed by atoms with van der Waals surface area (Å²) in [5.41, 5.74) is 7.28. The predicted octanol–water partition coefficient (Wildman–Crippen LogP) is 0.903. The van der Waals surface area contributed by atoms with Crippen LogP contribution in [0.5, 0.6) is 0 Å². The zero-order valence-electron chi connectivity index (χ0n) is 13.4. The van der Waals surface area contributed by atoms with Crippen LogP contribution in [0.1, 0.15) is 44.5 Å². The van der Waals surface area contributed by atoms with Gasteiger partial charge in [-0.15, -0.1) is 5.10 Å². The molecule has 0 atom stereocenters. The smallest absolute Gasteiger partial charge is 0.174 e. The molecule has 0 saturated carbocycles. The van der Waals surface area contributed by atoms with Gasteiger partial charge < -0.3 is 20.9 Å². The molecule has 1 rings (SSSR count). The van der Waals surface area contributed by atoms with Crippen LogP contribution in [0.25, 0.3) is 0 Å². The van der Waals surface area contributed by atoms with Crippen molar-refractivity contribution in [3.05, 3.63) is 16.8 Å². The molecule has 1 aromatic heterocycles. The van der Waals surface area contributed by atoms with E-state index >= 15 is 0 Å². The van der Waals surface area contributed by atoms with E-state index in [2.05, 4.69) is 15.4 Å². The molecule has 118 valence electrons. The number of nitrogens with two attached hydrogens (primary N) is 1. The molecular weight excluding hydrogens is 270 g/mol. The standard InChI is InChI=1S/C14H25N5O2/c1-6-9-10(7-2)16-17-13(11(9)12(15)18-21)19(5)8-14(3,4)20/h20-21H,6-8H2,1-5H3,(H2,15,18). The number of nitrogens with zero attached hydrogens (tertiary/aromatic N) is 4. The lowest BCUT2D eigenvalue weighted by Crippen LogP contribution is -2.38. The van der Waals surface area contributed by atoms with E-state index in [4.69, 9.17) is 10.9 Å². The van der Waals surface area contributed by atoms with Gasteiger partial charge in [-0.25, -0.2) is 0 Å². The average molecular weight is 295 g/mol. The molecule has 21 heavy (non-hydrogen) atoms. The van der Waals surface area contributed by atoms with E-state index in [0.717, 1.165) is 17.7 Å². The number of aryl methyl sites for hydroxylation is 1. The number of likely N-dealkylation sites (N-methyl/N-ethyl adjacent to an activating group) is 1. The molecule has 0 saturated heterocycles. The van der Waals surface area contributed by atoms with Gasteiger partial charge in [0.2, 0.25) is 0 Å². The first kappa shape index (κ1) is 17.2. The third-order valence-electron chi connectivity index (χ3n) is 3.18. The highest BCUT2D eigenvalue weighted by Crippen LogP contribution is 2.24. The van der Waals surface area contributed by atoms with E-state index in [-0.39, 0.29) is 5.84 Å². The maximum atomic E-state index is 9.96. The lowest BCUT2D eigenvalue weighted by molar-refractivity contribution is 0.0884. The van der Waals surface area contributed by atoms with Crippen LogP contribution in [0.3, 0.4) is 0 Å². The van der Waals surface area contributed by atoms with Crippen molar-refractivity contribution in [1.82, 2.24) is 10.2 Å². The first-order chi connectivity index (χ1) is 9.75. The molecule has 0 unspecified atom stereocenters. The Kier molecular flexibility index (Phi) is 5.48. The van der Waals surface area contributed by atoms with Crippen LogP contribution in [0.4, 0.5) is 5.82 Å². The molecule has 0 amide bonds. The number of aromatic nitrogens is 2. The normalized spacial score (nSPS) is 12.6. The summed E-state index contributed by atoms with van der Waals surface area (Å²) in [5, 5.41) is 30.6. The monoisotopic (exact) mass is 295 g/mol. The number of anilines is 1. The summed E-state index contributed by atoms with van der Waals surface area (Å²) in [7, 11) is 1.79. The van der Waals surface area contributed by atoms with Crippen molar-refractivity contribution in [2.75, 3.05) is 18.5 Å². The Morgan fingerprint density at radius 3 is 2.33 bits per heavy atom. The van der Waals surface area contributed by atoms with Crippen molar-refractivity contribution in [3.8, 4) is 0 Å². The molecule has 7 heteroatoms. The number of hydrogen-bond donors (Lipinski definition) is 3. The van der Waals surface area contributed by atoms with Gasteiger partial charge >= 0.3 is 0 Å². The quantitative estimate of drug-likeness (QED) is 0.311. The first-order valence-electron chi connectivity index (χ1n) is 7.05. The number of amidine groups is 1. The third-order valence-corrected chi connectivity index (χ3v) is 3.18. The highest BCUT2D eigenvalue weighted by atomic mass is 16.4. The molecule has 4 N–H and O–H groups in total. The van der Waals surface area contributed by atoms with Gasteiger partial charge in [-0.05, 0) is 32.3 Å². The van der Waals surface area contributed by atoms with Crippen LogP contribution < -0.4 is 10.6 Å². The molecule has 0 aliphatic heterocycles. The topological polar surface area (TPSA) is 108 Å². The highest BCUT2D eigenvalue weighted by molar-refractivity contribution is 6.02. The highest BCUT2D eigenvalue weighted by Gasteiger charge is 2.24. The Balaban J connectivity index is 3.45. The fourth-order valence-electron chi connectivity index (χ4n) is 2.40. The summed E-state index contributed by atoms with van der Waals surface area (Å²) < 4.78 is 0. The molecule has 0 aliphatic rings. The Labute approximate surface area is 125 Å². The van der Waals surface area contributed by atoms with Crippen molar-refractivity contribution in [2.45, 2.75) is 46.1 Å². The molecule has 7 nitrogen and oxygen atoms in total. The Morgan fingerprint density at radius 1 is 1.29 bits per heavy atom. The van der Waals surface area contributed by atoms with Crippen LogP contribution in [0.2, 0.25) is 0 Å². The summed E-state index contributed by atoms with van der Waals surface area (Å²) in [6.07, 6.45) is 1.42. The van der Waals surface area contributed by atoms with Crippen LogP contribution >= 0.6 is 0 Å².